The lowest BCUT2D eigenvalue weighted by Crippen LogP contribution is -1.78. The van der Waals surface area contributed by atoms with Crippen molar-refractivity contribution in [3.05, 3.63) is 29.0 Å². The fourth-order valence-corrected chi connectivity index (χ4v) is 1.99. The zero-order valence-corrected chi connectivity index (χ0v) is 8.52. The molecule has 0 aromatic carbocycles. The largest absolute Gasteiger partial charge is 0.459 e. The first-order chi connectivity index (χ1) is 6.29. The van der Waals surface area contributed by atoms with Gasteiger partial charge in [0.05, 0.1) is 5.69 Å². The maximum absolute atomic E-state index is 5.48. The average Bonchev–Trinajstić information content (AvgIpc) is 2.71. The van der Waals surface area contributed by atoms with Crippen LogP contribution in [0.25, 0.3) is 10.8 Å². The summed E-state index contributed by atoms with van der Waals surface area (Å²) in [4.78, 5) is 4.44. The lowest BCUT2D eigenvalue weighted by molar-refractivity contribution is 0.548. The van der Waals surface area contributed by atoms with Crippen molar-refractivity contribution in [1.29, 1.82) is 0 Å². The summed E-state index contributed by atoms with van der Waals surface area (Å²) in [6.45, 7) is 4.05. The van der Waals surface area contributed by atoms with Crippen LogP contribution in [-0.4, -0.2) is 4.98 Å². The molecule has 0 bridgehead atoms. The van der Waals surface area contributed by atoms with Gasteiger partial charge in [0.2, 0.25) is 0 Å². The van der Waals surface area contributed by atoms with E-state index >= 15 is 0 Å². The smallest absolute Gasteiger partial charge is 0.162 e. The molecule has 0 aliphatic rings. The van der Waals surface area contributed by atoms with Crippen molar-refractivity contribution in [3.8, 4) is 10.8 Å². The first kappa shape index (κ1) is 8.51. The van der Waals surface area contributed by atoms with Crippen LogP contribution in [0.4, 0.5) is 0 Å². The van der Waals surface area contributed by atoms with E-state index in [-0.39, 0.29) is 0 Å². The fourth-order valence-electron chi connectivity index (χ4n) is 1.13. The van der Waals surface area contributed by atoms with Gasteiger partial charge in [0.15, 0.2) is 10.8 Å². The lowest BCUT2D eigenvalue weighted by Gasteiger charge is -1.87. The predicted molar refractivity (Wildman–Crippen MR) is 53.9 cm³/mol. The van der Waals surface area contributed by atoms with Gasteiger partial charge in [-0.15, -0.1) is 11.3 Å². The van der Waals surface area contributed by atoms with Crippen LogP contribution in [0.2, 0.25) is 0 Å². The molecular weight excluding hydrogens is 182 g/mol. The predicted octanol–water partition coefficient (Wildman–Crippen LogP) is 3.27. The Kier molecular flexibility index (Phi) is 2.19. The van der Waals surface area contributed by atoms with Gasteiger partial charge in [-0.25, -0.2) is 4.98 Å². The van der Waals surface area contributed by atoms with E-state index in [2.05, 4.69) is 17.3 Å². The molecule has 0 fully saturated rings. The number of hydrogen-bond acceptors (Lipinski definition) is 3. The zero-order chi connectivity index (χ0) is 9.26. The van der Waals surface area contributed by atoms with E-state index in [0.717, 1.165) is 28.6 Å². The second kappa shape index (κ2) is 3.34. The highest BCUT2D eigenvalue weighted by molar-refractivity contribution is 7.13. The molecule has 2 aromatic rings. The van der Waals surface area contributed by atoms with Crippen molar-refractivity contribution >= 4 is 11.3 Å². The van der Waals surface area contributed by atoms with Crippen LogP contribution in [0.5, 0.6) is 0 Å². The summed E-state index contributed by atoms with van der Waals surface area (Å²) in [7, 11) is 0. The molecule has 0 aliphatic carbocycles. The molecule has 13 heavy (non-hydrogen) atoms. The van der Waals surface area contributed by atoms with Crippen molar-refractivity contribution in [2.24, 2.45) is 0 Å². The summed E-state index contributed by atoms with van der Waals surface area (Å²) in [6, 6.07) is 3.93. The summed E-state index contributed by atoms with van der Waals surface area (Å²) in [5.41, 5.74) is 1.13. The summed E-state index contributed by atoms with van der Waals surface area (Å²) in [5, 5.41) is 3.05. The third-order valence-electron chi connectivity index (χ3n) is 1.87. The Morgan fingerprint density at radius 2 is 2.31 bits per heavy atom. The number of furan rings is 1. The van der Waals surface area contributed by atoms with Gasteiger partial charge < -0.3 is 4.42 Å². The summed E-state index contributed by atoms with van der Waals surface area (Å²) in [6.07, 6.45) is 0.982. The van der Waals surface area contributed by atoms with Gasteiger partial charge in [-0.05, 0) is 25.5 Å². The Hall–Kier alpha value is -1.09. The molecular formula is C10H11NOS. The van der Waals surface area contributed by atoms with E-state index in [1.54, 1.807) is 11.3 Å². The molecule has 0 spiro atoms. The van der Waals surface area contributed by atoms with E-state index in [0.29, 0.717) is 0 Å². The zero-order valence-electron chi connectivity index (χ0n) is 7.70. The molecule has 0 N–H and O–H groups in total. The number of nitrogens with zero attached hydrogens (tertiary/aromatic N) is 1. The number of hydrogen-bond donors (Lipinski definition) is 0. The van der Waals surface area contributed by atoms with Gasteiger partial charge in [-0.1, -0.05) is 6.92 Å². The van der Waals surface area contributed by atoms with Gasteiger partial charge in [0.25, 0.3) is 0 Å². The minimum absolute atomic E-state index is 0.877. The Labute approximate surface area is 81.2 Å². The lowest BCUT2D eigenvalue weighted by atomic mass is 10.4. The maximum Gasteiger partial charge on any atom is 0.162 e. The molecule has 2 nitrogen and oxygen atoms in total. The molecule has 0 aliphatic heterocycles. The van der Waals surface area contributed by atoms with Gasteiger partial charge in [0.1, 0.15) is 5.76 Å². The third-order valence-corrected chi connectivity index (χ3v) is 2.77. The van der Waals surface area contributed by atoms with Gasteiger partial charge in [0, 0.05) is 5.38 Å². The van der Waals surface area contributed by atoms with Crippen LogP contribution < -0.4 is 0 Å². The molecule has 3 heteroatoms. The number of aromatic nitrogens is 1. The van der Waals surface area contributed by atoms with Crippen molar-refractivity contribution in [3.63, 3.8) is 0 Å². The highest BCUT2D eigenvalue weighted by Crippen LogP contribution is 2.25. The average molecular weight is 193 g/mol. The Balaban J connectivity index is 2.35. The summed E-state index contributed by atoms with van der Waals surface area (Å²) >= 11 is 1.64. The Bertz CT molecular complexity index is 402. The van der Waals surface area contributed by atoms with Crippen LogP contribution in [-0.2, 0) is 6.42 Å². The second-order valence-electron chi connectivity index (χ2n) is 2.91. The molecule has 68 valence electrons. The maximum atomic E-state index is 5.48. The van der Waals surface area contributed by atoms with Crippen molar-refractivity contribution in [1.82, 2.24) is 4.98 Å². The van der Waals surface area contributed by atoms with Crippen LogP contribution in [0.1, 0.15) is 18.4 Å². The molecule has 0 atom stereocenters. The van der Waals surface area contributed by atoms with Crippen molar-refractivity contribution in [2.45, 2.75) is 20.3 Å². The monoisotopic (exact) mass is 193 g/mol. The summed E-state index contributed by atoms with van der Waals surface area (Å²) in [5.74, 6) is 1.81. The summed E-state index contributed by atoms with van der Waals surface area (Å²) < 4.78 is 5.48. The van der Waals surface area contributed by atoms with Crippen LogP contribution in [0, 0.1) is 6.92 Å². The first-order valence-corrected chi connectivity index (χ1v) is 5.18. The molecule has 2 heterocycles. The molecule has 2 aromatic heterocycles. The Morgan fingerprint density at radius 3 is 2.85 bits per heavy atom. The number of aryl methyl sites for hydroxylation is 2. The molecule has 2 rings (SSSR count). The molecule has 0 radical (unpaired) electrons. The SMILES string of the molecule is CCc1csc(-c2ccc(C)o2)n1. The van der Waals surface area contributed by atoms with Crippen LogP contribution in [0.3, 0.4) is 0 Å². The number of thiazole rings is 1. The number of rotatable bonds is 2. The first-order valence-electron chi connectivity index (χ1n) is 4.31. The Morgan fingerprint density at radius 1 is 1.46 bits per heavy atom. The van der Waals surface area contributed by atoms with E-state index in [4.69, 9.17) is 4.42 Å². The topological polar surface area (TPSA) is 26.0 Å². The normalized spacial score (nSPS) is 10.6. The molecule has 0 amide bonds. The quantitative estimate of drug-likeness (QED) is 0.731. The van der Waals surface area contributed by atoms with E-state index in [9.17, 15) is 0 Å². The minimum atomic E-state index is 0.877. The van der Waals surface area contributed by atoms with Crippen LogP contribution in [0.15, 0.2) is 21.9 Å². The van der Waals surface area contributed by atoms with E-state index in [1.807, 2.05) is 19.1 Å². The van der Waals surface area contributed by atoms with E-state index < -0.39 is 0 Å². The highest BCUT2D eigenvalue weighted by atomic mass is 32.1. The molecule has 0 unspecified atom stereocenters. The highest BCUT2D eigenvalue weighted by Gasteiger charge is 2.06. The standard InChI is InChI=1S/C10H11NOS/c1-3-8-6-13-10(11-8)9-5-4-7(2)12-9/h4-6H,3H2,1-2H3. The fraction of sp³-hybridized carbons (Fsp3) is 0.300. The van der Waals surface area contributed by atoms with E-state index in [1.165, 1.54) is 0 Å². The van der Waals surface area contributed by atoms with Gasteiger partial charge >= 0.3 is 0 Å². The second-order valence-corrected chi connectivity index (χ2v) is 3.77. The van der Waals surface area contributed by atoms with Gasteiger partial charge in [-0.2, -0.15) is 0 Å². The molecule has 0 saturated heterocycles. The van der Waals surface area contributed by atoms with Crippen LogP contribution >= 0.6 is 11.3 Å². The van der Waals surface area contributed by atoms with Crippen molar-refractivity contribution < 1.29 is 4.42 Å². The van der Waals surface area contributed by atoms with Gasteiger partial charge in [-0.3, -0.25) is 0 Å². The van der Waals surface area contributed by atoms with Crippen molar-refractivity contribution in [2.75, 3.05) is 0 Å². The molecule has 0 saturated carbocycles. The third kappa shape index (κ3) is 1.65. The minimum Gasteiger partial charge on any atom is -0.459 e.